The molecule has 0 aromatic heterocycles. The summed E-state index contributed by atoms with van der Waals surface area (Å²) in [4.78, 5) is 43.4. The maximum absolute atomic E-state index is 13.0. The van der Waals surface area contributed by atoms with Crippen LogP contribution in [0.5, 0.6) is 5.75 Å². The summed E-state index contributed by atoms with van der Waals surface area (Å²) in [5, 5.41) is 3.48. The van der Waals surface area contributed by atoms with Crippen LogP contribution >= 0.6 is 11.6 Å². The van der Waals surface area contributed by atoms with Crippen molar-refractivity contribution in [1.29, 1.82) is 0 Å². The van der Waals surface area contributed by atoms with E-state index in [0.717, 1.165) is 18.8 Å². The van der Waals surface area contributed by atoms with Crippen LogP contribution < -0.4 is 15.0 Å². The molecular formula is C28H35ClN4O5. The number of anilines is 2. The highest BCUT2D eigenvalue weighted by Gasteiger charge is 2.29. The first-order valence-electron chi connectivity index (χ1n) is 13.0. The molecule has 1 N–H and O–H groups in total. The Bertz CT molecular complexity index is 1140. The van der Waals surface area contributed by atoms with Gasteiger partial charge in [-0.1, -0.05) is 23.7 Å². The predicted octanol–water partition coefficient (Wildman–Crippen LogP) is 3.52. The molecule has 0 bridgehead atoms. The number of esters is 1. The summed E-state index contributed by atoms with van der Waals surface area (Å²) in [7, 11) is 1.39. The van der Waals surface area contributed by atoms with Crippen LogP contribution in [0.25, 0.3) is 0 Å². The van der Waals surface area contributed by atoms with Crippen molar-refractivity contribution in [3.8, 4) is 5.75 Å². The number of hydrogen-bond acceptors (Lipinski definition) is 7. The van der Waals surface area contributed by atoms with Crippen molar-refractivity contribution in [1.82, 2.24) is 9.80 Å². The Balaban J connectivity index is 1.28. The van der Waals surface area contributed by atoms with Gasteiger partial charge in [0, 0.05) is 44.8 Å². The lowest BCUT2D eigenvalue weighted by atomic mass is 9.96. The van der Waals surface area contributed by atoms with Crippen molar-refractivity contribution < 1.29 is 23.9 Å². The number of piperidine rings is 1. The average molecular weight is 543 g/mol. The van der Waals surface area contributed by atoms with Gasteiger partial charge in [0.15, 0.2) is 0 Å². The quantitative estimate of drug-likeness (QED) is 0.510. The first kappa shape index (κ1) is 27.7. The van der Waals surface area contributed by atoms with Crippen LogP contribution in [-0.4, -0.2) is 87.1 Å². The second-order valence-electron chi connectivity index (χ2n) is 9.50. The molecule has 2 aliphatic rings. The van der Waals surface area contributed by atoms with E-state index >= 15 is 0 Å². The zero-order chi connectivity index (χ0) is 27.1. The standard InChI is InChI=1S/C28H35ClN4O5/c1-3-38-25-7-5-4-6-23(25)30-26(34)19-31-14-16-32(17-15-31)24-9-8-21(18-22(24)29)27(35)33-12-10-20(11-13-33)28(36)37-2/h4-9,18,20H,3,10-17,19H2,1-2H3,(H,30,34). The maximum Gasteiger partial charge on any atom is 0.308 e. The van der Waals surface area contributed by atoms with Gasteiger partial charge in [0.2, 0.25) is 5.91 Å². The molecule has 0 saturated carbocycles. The largest absolute Gasteiger partial charge is 0.492 e. The first-order chi connectivity index (χ1) is 18.4. The average Bonchev–Trinajstić information content (AvgIpc) is 2.94. The predicted molar refractivity (Wildman–Crippen MR) is 147 cm³/mol. The summed E-state index contributed by atoms with van der Waals surface area (Å²) < 4.78 is 10.4. The first-order valence-corrected chi connectivity index (χ1v) is 13.4. The molecule has 2 aromatic carbocycles. The minimum atomic E-state index is -0.211. The minimum absolute atomic E-state index is 0.0801. The van der Waals surface area contributed by atoms with E-state index in [1.54, 1.807) is 11.0 Å². The Morgan fingerprint density at radius 2 is 1.71 bits per heavy atom. The Kier molecular flexibility index (Phi) is 9.47. The zero-order valence-corrected chi connectivity index (χ0v) is 22.7. The fourth-order valence-corrected chi connectivity index (χ4v) is 5.25. The third-order valence-electron chi connectivity index (χ3n) is 7.05. The number of carbonyl (C=O) groups excluding carboxylic acids is 3. The summed E-state index contributed by atoms with van der Waals surface area (Å²) >= 11 is 6.62. The van der Waals surface area contributed by atoms with Crippen molar-refractivity contribution in [3.05, 3.63) is 53.1 Å². The van der Waals surface area contributed by atoms with Gasteiger partial charge in [-0.05, 0) is 50.1 Å². The second kappa shape index (κ2) is 13.0. The number of methoxy groups -OCH3 is 1. The molecule has 2 amide bonds. The number of amides is 2. The van der Waals surface area contributed by atoms with E-state index < -0.39 is 0 Å². The van der Waals surface area contributed by atoms with Crippen LogP contribution in [0.15, 0.2) is 42.5 Å². The number of carbonyl (C=O) groups is 3. The Morgan fingerprint density at radius 1 is 1.00 bits per heavy atom. The number of ether oxygens (including phenoxy) is 2. The van der Waals surface area contributed by atoms with E-state index in [-0.39, 0.29) is 23.7 Å². The van der Waals surface area contributed by atoms with E-state index in [1.807, 2.05) is 43.3 Å². The van der Waals surface area contributed by atoms with Gasteiger partial charge in [-0.15, -0.1) is 0 Å². The number of likely N-dealkylation sites (tertiary alicyclic amines) is 1. The maximum atomic E-state index is 13.0. The summed E-state index contributed by atoms with van der Waals surface area (Å²) in [6.07, 6.45) is 1.21. The molecule has 0 unspecified atom stereocenters. The Hall–Kier alpha value is -3.30. The van der Waals surface area contributed by atoms with E-state index in [2.05, 4.69) is 15.1 Å². The van der Waals surface area contributed by atoms with Crippen molar-refractivity contribution in [2.45, 2.75) is 19.8 Å². The molecule has 2 saturated heterocycles. The fourth-order valence-electron chi connectivity index (χ4n) is 4.95. The lowest BCUT2D eigenvalue weighted by Gasteiger charge is -2.36. The second-order valence-corrected chi connectivity index (χ2v) is 9.90. The van der Waals surface area contributed by atoms with Crippen LogP contribution in [-0.2, 0) is 14.3 Å². The summed E-state index contributed by atoms with van der Waals surface area (Å²) in [5.41, 5.74) is 2.09. The van der Waals surface area contributed by atoms with Crippen LogP contribution in [0.3, 0.4) is 0 Å². The Labute approximate surface area is 228 Å². The van der Waals surface area contributed by atoms with E-state index in [4.69, 9.17) is 21.1 Å². The molecular weight excluding hydrogens is 508 g/mol. The molecule has 2 aromatic rings. The number of para-hydroxylation sites is 2. The third kappa shape index (κ3) is 6.76. The molecule has 2 aliphatic heterocycles. The smallest absolute Gasteiger partial charge is 0.308 e. The van der Waals surface area contributed by atoms with Crippen LogP contribution in [0, 0.1) is 5.92 Å². The number of nitrogens with zero attached hydrogens (tertiary/aromatic N) is 3. The van der Waals surface area contributed by atoms with Crippen LogP contribution in [0.4, 0.5) is 11.4 Å². The molecule has 2 fully saturated rings. The van der Waals surface area contributed by atoms with Crippen molar-refractivity contribution in [2.75, 3.05) is 69.7 Å². The highest BCUT2D eigenvalue weighted by molar-refractivity contribution is 6.33. The highest BCUT2D eigenvalue weighted by atomic mass is 35.5. The number of piperazine rings is 1. The van der Waals surface area contributed by atoms with Crippen molar-refractivity contribution >= 4 is 40.8 Å². The summed E-state index contributed by atoms with van der Waals surface area (Å²) in [5.74, 6) is 0.142. The monoisotopic (exact) mass is 542 g/mol. The van der Waals surface area contributed by atoms with Gasteiger partial charge < -0.3 is 24.6 Å². The number of hydrogen-bond donors (Lipinski definition) is 1. The number of nitrogens with one attached hydrogen (secondary N) is 1. The van der Waals surface area contributed by atoms with Gasteiger partial charge >= 0.3 is 5.97 Å². The lowest BCUT2D eigenvalue weighted by Crippen LogP contribution is -2.48. The molecule has 38 heavy (non-hydrogen) atoms. The molecule has 10 heteroatoms. The Morgan fingerprint density at radius 3 is 2.37 bits per heavy atom. The molecule has 4 rings (SSSR count). The van der Waals surface area contributed by atoms with Gasteiger partial charge in [0.1, 0.15) is 5.75 Å². The van der Waals surface area contributed by atoms with Gasteiger partial charge in [0.25, 0.3) is 5.91 Å². The fraction of sp³-hybridized carbons (Fsp3) is 0.464. The lowest BCUT2D eigenvalue weighted by molar-refractivity contribution is -0.146. The molecule has 0 spiro atoms. The van der Waals surface area contributed by atoms with E-state index in [1.165, 1.54) is 7.11 Å². The normalized spacial score (nSPS) is 16.7. The zero-order valence-electron chi connectivity index (χ0n) is 22.0. The number of halogens is 1. The molecule has 204 valence electrons. The third-order valence-corrected chi connectivity index (χ3v) is 7.36. The molecule has 0 aliphatic carbocycles. The summed E-state index contributed by atoms with van der Waals surface area (Å²) in [6.45, 7) is 6.64. The highest BCUT2D eigenvalue weighted by Crippen LogP contribution is 2.29. The van der Waals surface area contributed by atoms with Gasteiger partial charge in [-0.3, -0.25) is 19.3 Å². The molecule has 2 heterocycles. The minimum Gasteiger partial charge on any atom is -0.492 e. The number of benzene rings is 2. The molecule has 0 radical (unpaired) electrons. The van der Waals surface area contributed by atoms with Crippen molar-refractivity contribution in [3.63, 3.8) is 0 Å². The van der Waals surface area contributed by atoms with Crippen molar-refractivity contribution in [2.24, 2.45) is 5.92 Å². The molecule has 9 nitrogen and oxygen atoms in total. The van der Waals surface area contributed by atoms with Crippen LogP contribution in [0.2, 0.25) is 5.02 Å². The van der Waals surface area contributed by atoms with E-state index in [0.29, 0.717) is 74.2 Å². The van der Waals surface area contributed by atoms with E-state index in [9.17, 15) is 14.4 Å². The van der Waals surface area contributed by atoms with Gasteiger partial charge in [-0.25, -0.2) is 0 Å². The van der Waals surface area contributed by atoms with Gasteiger partial charge in [-0.2, -0.15) is 0 Å². The van der Waals surface area contributed by atoms with Gasteiger partial charge in [0.05, 0.1) is 42.6 Å². The SMILES string of the molecule is CCOc1ccccc1NC(=O)CN1CCN(c2ccc(C(=O)N3CCC(C(=O)OC)CC3)cc2Cl)CC1. The topological polar surface area (TPSA) is 91.4 Å². The summed E-state index contributed by atoms with van der Waals surface area (Å²) in [6, 6.07) is 12.8. The van der Waals surface area contributed by atoms with Crippen LogP contribution in [0.1, 0.15) is 30.1 Å². The molecule has 0 atom stereocenters. The number of rotatable bonds is 8.